The van der Waals surface area contributed by atoms with Crippen molar-refractivity contribution in [2.24, 2.45) is 5.10 Å². The zero-order valence-electron chi connectivity index (χ0n) is 24.9. The van der Waals surface area contributed by atoms with E-state index < -0.39 is 11.5 Å². The summed E-state index contributed by atoms with van der Waals surface area (Å²) in [7, 11) is 1.49. The lowest BCUT2D eigenvalue weighted by molar-refractivity contribution is 0.0675. The van der Waals surface area contributed by atoms with Crippen molar-refractivity contribution in [2.45, 2.75) is 12.5 Å². The second-order valence-electron chi connectivity index (χ2n) is 10.6. The van der Waals surface area contributed by atoms with E-state index in [0.717, 1.165) is 11.1 Å². The molecular weight excluding hydrogens is 604 g/mol. The summed E-state index contributed by atoms with van der Waals surface area (Å²) in [6.07, 6.45) is 1.63. The number of hydrogen-bond donors (Lipinski definition) is 0. The lowest BCUT2D eigenvalue weighted by Crippen LogP contribution is -2.44. The van der Waals surface area contributed by atoms with Gasteiger partial charge in [-0.25, -0.2) is 9.80 Å². The van der Waals surface area contributed by atoms with Gasteiger partial charge in [-0.2, -0.15) is 5.10 Å². The predicted octanol–water partition coefficient (Wildman–Crippen LogP) is 7.85. The highest BCUT2D eigenvalue weighted by Crippen LogP contribution is 2.58. The topological polar surface area (TPSA) is 86.7 Å². The third kappa shape index (κ3) is 4.74. The summed E-state index contributed by atoms with van der Waals surface area (Å²) in [5.41, 5.74) is 2.43. The fraction of sp³-hybridized carbons (Fsp3) is 0.108. The van der Waals surface area contributed by atoms with Crippen molar-refractivity contribution in [1.82, 2.24) is 5.01 Å². The maximum absolute atomic E-state index is 14.2. The van der Waals surface area contributed by atoms with Crippen molar-refractivity contribution in [3.05, 3.63) is 148 Å². The van der Waals surface area contributed by atoms with Crippen LogP contribution in [0, 0.1) is 0 Å². The molecule has 0 aromatic heterocycles. The first kappa shape index (κ1) is 29.1. The van der Waals surface area contributed by atoms with Crippen LogP contribution in [-0.4, -0.2) is 36.8 Å². The molecule has 2 aliphatic heterocycles. The van der Waals surface area contributed by atoms with Gasteiger partial charge >= 0.3 is 5.97 Å². The number of hydrazone groups is 1. The van der Waals surface area contributed by atoms with Gasteiger partial charge in [0.2, 0.25) is 0 Å². The lowest BCUT2D eigenvalue weighted by Gasteiger charge is -2.41. The average Bonchev–Trinajstić information content (AvgIpc) is 3.32. The molecule has 2 aliphatic rings. The Hall–Kier alpha value is -5.60. The standard InChI is InChI=1S/C37H27ClN2O6/c1-3-44-25-16-18-30-33(20-25)46-34-21-26(45-36(42)28-9-5-7-11-32(28)43-2)17-19-31(34)37(30)29-10-6-4-8-27(29)35(41)40(37)39-22-23-12-14-24(38)15-13-23/h4-22H,3H2,1-2H3/b39-22+. The van der Waals surface area contributed by atoms with Gasteiger partial charge in [0.15, 0.2) is 0 Å². The molecule has 228 valence electrons. The Labute approximate surface area is 270 Å². The van der Waals surface area contributed by atoms with Gasteiger partial charge in [0, 0.05) is 39.4 Å². The Bertz CT molecular complexity index is 2030. The van der Waals surface area contributed by atoms with E-state index in [1.54, 1.807) is 72.9 Å². The number of carbonyl (C=O) groups excluding carboxylic acids is 2. The van der Waals surface area contributed by atoms with Crippen LogP contribution in [0.5, 0.6) is 28.7 Å². The van der Waals surface area contributed by atoms with E-state index in [1.807, 2.05) is 49.4 Å². The predicted molar refractivity (Wildman–Crippen MR) is 174 cm³/mol. The maximum Gasteiger partial charge on any atom is 0.347 e. The maximum atomic E-state index is 14.2. The highest BCUT2D eigenvalue weighted by Gasteiger charge is 2.57. The van der Waals surface area contributed by atoms with Gasteiger partial charge in [0.05, 0.1) is 19.9 Å². The molecule has 5 aromatic carbocycles. The summed E-state index contributed by atoms with van der Waals surface area (Å²) in [6, 6.07) is 32.2. The molecule has 0 N–H and O–H groups in total. The Morgan fingerprint density at radius 3 is 2.28 bits per heavy atom. The van der Waals surface area contributed by atoms with Crippen LogP contribution in [0.3, 0.4) is 0 Å². The SMILES string of the molecule is CCOc1ccc2c(c1)Oc1cc(OC(=O)c3ccccc3OC)ccc1C21c2ccccc2C(=O)N1/N=C/c1ccc(Cl)cc1. The number of para-hydroxylation sites is 1. The van der Waals surface area contributed by atoms with Gasteiger partial charge in [-0.15, -0.1) is 0 Å². The molecule has 0 radical (unpaired) electrons. The molecular formula is C37H27ClN2O6. The number of halogens is 1. The third-order valence-corrected chi connectivity index (χ3v) is 8.26. The normalized spacial score (nSPS) is 16.1. The fourth-order valence-corrected chi connectivity index (χ4v) is 6.15. The van der Waals surface area contributed by atoms with Crippen LogP contribution < -0.4 is 18.9 Å². The van der Waals surface area contributed by atoms with Crippen molar-refractivity contribution in [2.75, 3.05) is 13.7 Å². The largest absolute Gasteiger partial charge is 0.496 e. The van der Waals surface area contributed by atoms with Crippen LogP contribution in [-0.2, 0) is 5.54 Å². The molecule has 9 heteroatoms. The molecule has 8 nitrogen and oxygen atoms in total. The summed E-state index contributed by atoms with van der Waals surface area (Å²) in [4.78, 5) is 27.4. The Morgan fingerprint density at radius 2 is 1.54 bits per heavy atom. The average molecular weight is 631 g/mol. The number of fused-ring (bicyclic) bond motifs is 6. The second kappa shape index (κ2) is 11.7. The van der Waals surface area contributed by atoms with E-state index in [4.69, 9.17) is 35.6 Å². The molecule has 46 heavy (non-hydrogen) atoms. The highest BCUT2D eigenvalue weighted by molar-refractivity contribution is 6.30. The number of methoxy groups -OCH3 is 1. The van der Waals surface area contributed by atoms with Gasteiger partial charge in [0.25, 0.3) is 5.91 Å². The third-order valence-electron chi connectivity index (χ3n) is 8.00. The van der Waals surface area contributed by atoms with Crippen molar-refractivity contribution < 1.29 is 28.5 Å². The number of benzene rings is 5. The molecule has 1 atom stereocenters. The van der Waals surface area contributed by atoms with Crippen LogP contribution in [0.25, 0.3) is 0 Å². The zero-order valence-corrected chi connectivity index (χ0v) is 25.7. The number of hydrogen-bond acceptors (Lipinski definition) is 7. The van der Waals surface area contributed by atoms with Gasteiger partial charge < -0.3 is 18.9 Å². The first-order chi connectivity index (χ1) is 22.4. The van der Waals surface area contributed by atoms with E-state index in [0.29, 0.717) is 51.3 Å². The summed E-state index contributed by atoms with van der Waals surface area (Å²) < 4.78 is 23.5. The van der Waals surface area contributed by atoms with Crippen molar-refractivity contribution >= 4 is 29.7 Å². The van der Waals surface area contributed by atoms with E-state index >= 15 is 0 Å². The first-order valence-corrected chi connectivity index (χ1v) is 15.0. The molecule has 1 amide bonds. The molecule has 5 aromatic rings. The number of rotatable bonds is 7. The molecule has 0 saturated heterocycles. The first-order valence-electron chi connectivity index (χ1n) is 14.6. The van der Waals surface area contributed by atoms with E-state index in [9.17, 15) is 9.59 Å². The smallest absolute Gasteiger partial charge is 0.347 e. The van der Waals surface area contributed by atoms with Crippen molar-refractivity contribution in [3.63, 3.8) is 0 Å². The van der Waals surface area contributed by atoms with Crippen LogP contribution in [0.1, 0.15) is 49.9 Å². The van der Waals surface area contributed by atoms with Crippen LogP contribution in [0.15, 0.2) is 114 Å². The Morgan fingerprint density at radius 1 is 0.870 bits per heavy atom. The van der Waals surface area contributed by atoms with Crippen LogP contribution >= 0.6 is 11.6 Å². The minimum absolute atomic E-state index is 0.253. The second-order valence-corrected chi connectivity index (χ2v) is 11.0. The minimum Gasteiger partial charge on any atom is -0.496 e. The monoisotopic (exact) mass is 630 g/mol. The van der Waals surface area contributed by atoms with Gasteiger partial charge in [0.1, 0.15) is 39.8 Å². The molecule has 1 spiro atoms. The number of carbonyl (C=O) groups is 2. The summed E-state index contributed by atoms with van der Waals surface area (Å²) in [5, 5.41) is 6.90. The fourth-order valence-electron chi connectivity index (χ4n) is 6.03. The zero-order chi connectivity index (χ0) is 31.8. The minimum atomic E-state index is -1.21. The van der Waals surface area contributed by atoms with E-state index in [-0.39, 0.29) is 17.2 Å². The molecule has 0 bridgehead atoms. The van der Waals surface area contributed by atoms with Crippen molar-refractivity contribution in [3.8, 4) is 28.7 Å². The Balaban J connectivity index is 1.41. The number of ether oxygens (including phenoxy) is 4. The quantitative estimate of drug-likeness (QED) is 0.103. The molecule has 0 aliphatic carbocycles. The summed E-state index contributed by atoms with van der Waals surface area (Å²) in [6.45, 7) is 2.36. The van der Waals surface area contributed by atoms with Crippen LogP contribution in [0.4, 0.5) is 0 Å². The van der Waals surface area contributed by atoms with Gasteiger partial charge in [-0.3, -0.25) is 4.79 Å². The molecule has 0 saturated carbocycles. The van der Waals surface area contributed by atoms with Gasteiger partial charge in [-0.1, -0.05) is 54.1 Å². The highest BCUT2D eigenvalue weighted by atomic mass is 35.5. The van der Waals surface area contributed by atoms with Crippen LogP contribution in [0.2, 0.25) is 5.02 Å². The van der Waals surface area contributed by atoms with Crippen molar-refractivity contribution in [1.29, 1.82) is 0 Å². The number of amides is 1. The van der Waals surface area contributed by atoms with Gasteiger partial charge in [-0.05, 0) is 67.1 Å². The summed E-state index contributed by atoms with van der Waals surface area (Å²) >= 11 is 6.11. The molecule has 0 fully saturated rings. The number of esters is 1. The lowest BCUT2D eigenvalue weighted by atomic mass is 9.75. The molecule has 2 heterocycles. The van der Waals surface area contributed by atoms with E-state index in [1.165, 1.54) is 12.1 Å². The Kier molecular flexibility index (Phi) is 7.42. The molecule has 7 rings (SSSR count). The van der Waals surface area contributed by atoms with E-state index in [2.05, 4.69) is 0 Å². The number of nitrogens with zero attached hydrogens (tertiary/aromatic N) is 2. The summed E-state index contributed by atoms with van der Waals surface area (Å²) in [5.74, 6) is 1.26. The molecule has 1 unspecified atom stereocenters.